The minimum atomic E-state index is -1.13. The number of benzene rings is 1. The molecular formula is C18H24N4O3. The van der Waals surface area contributed by atoms with E-state index < -0.39 is 17.5 Å². The first-order chi connectivity index (χ1) is 11.9. The van der Waals surface area contributed by atoms with Crippen LogP contribution in [0.4, 0.5) is 10.5 Å². The Hall–Kier alpha value is -2.41. The number of urea groups is 1. The van der Waals surface area contributed by atoms with Crippen LogP contribution in [-0.4, -0.2) is 41.9 Å². The maximum absolute atomic E-state index is 12.6. The number of nitrogens with one attached hydrogen (secondary N) is 3. The van der Waals surface area contributed by atoms with Crippen molar-refractivity contribution in [3.8, 4) is 0 Å². The highest BCUT2D eigenvalue weighted by Crippen LogP contribution is 2.27. The Morgan fingerprint density at radius 1 is 1.40 bits per heavy atom. The monoisotopic (exact) mass is 344 g/mol. The van der Waals surface area contributed by atoms with Crippen LogP contribution in [0.15, 0.2) is 24.3 Å². The summed E-state index contributed by atoms with van der Waals surface area (Å²) in [5, 5.41) is 7.84. The molecule has 2 heterocycles. The fourth-order valence-electron chi connectivity index (χ4n) is 3.56. The summed E-state index contributed by atoms with van der Waals surface area (Å²) in [6, 6.07) is 6.45. The quantitative estimate of drug-likeness (QED) is 0.707. The Labute approximate surface area is 147 Å². The molecule has 2 saturated heterocycles. The maximum Gasteiger partial charge on any atom is 0.322 e. The molecule has 134 valence electrons. The number of hydrogen-bond acceptors (Lipinski definition) is 4. The number of likely N-dealkylation sites (tertiary alicyclic amines) is 1. The molecule has 0 spiro atoms. The first-order valence-corrected chi connectivity index (χ1v) is 8.73. The van der Waals surface area contributed by atoms with Gasteiger partial charge in [-0.3, -0.25) is 19.8 Å². The van der Waals surface area contributed by atoms with Gasteiger partial charge in [0.25, 0.3) is 5.91 Å². The molecule has 1 aromatic rings. The first-order valence-electron chi connectivity index (χ1n) is 8.73. The van der Waals surface area contributed by atoms with Gasteiger partial charge in [-0.1, -0.05) is 19.1 Å². The number of imide groups is 1. The molecule has 0 radical (unpaired) electrons. The van der Waals surface area contributed by atoms with Crippen molar-refractivity contribution in [3.63, 3.8) is 0 Å². The maximum atomic E-state index is 12.6. The number of amides is 4. The van der Waals surface area contributed by atoms with E-state index >= 15 is 0 Å². The Morgan fingerprint density at radius 3 is 2.88 bits per heavy atom. The van der Waals surface area contributed by atoms with Crippen molar-refractivity contribution in [3.05, 3.63) is 29.8 Å². The summed E-state index contributed by atoms with van der Waals surface area (Å²) < 4.78 is 0. The van der Waals surface area contributed by atoms with Gasteiger partial charge < -0.3 is 10.6 Å². The molecule has 7 nitrogen and oxygen atoms in total. The SMILES string of the molecule is CCCN1CCC[C@@H]1C(=O)Nc1cccc([C@]2(C)NC(=O)NC2=O)c1. The van der Waals surface area contributed by atoms with E-state index in [1.54, 1.807) is 31.2 Å². The molecule has 7 heteroatoms. The summed E-state index contributed by atoms with van der Waals surface area (Å²) in [4.78, 5) is 38.4. The molecule has 4 amide bonds. The second-order valence-electron chi connectivity index (χ2n) is 6.80. The second-order valence-corrected chi connectivity index (χ2v) is 6.80. The second kappa shape index (κ2) is 6.84. The number of nitrogens with zero attached hydrogens (tertiary/aromatic N) is 1. The summed E-state index contributed by atoms with van der Waals surface area (Å²) in [5.41, 5.74) is 0.130. The van der Waals surface area contributed by atoms with Gasteiger partial charge in [-0.15, -0.1) is 0 Å². The van der Waals surface area contributed by atoms with Gasteiger partial charge in [0.1, 0.15) is 5.54 Å². The zero-order chi connectivity index (χ0) is 18.0. The van der Waals surface area contributed by atoms with Crippen LogP contribution in [0, 0.1) is 0 Å². The van der Waals surface area contributed by atoms with Crippen molar-refractivity contribution < 1.29 is 14.4 Å². The predicted molar refractivity (Wildman–Crippen MR) is 94.0 cm³/mol. The lowest BCUT2D eigenvalue weighted by atomic mass is 9.92. The molecule has 0 saturated carbocycles. The zero-order valence-corrected chi connectivity index (χ0v) is 14.6. The highest BCUT2D eigenvalue weighted by atomic mass is 16.2. The number of rotatable bonds is 5. The Kier molecular flexibility index (Phi) is 4.76. The lowest BCUT2D eigenvalue weighted by Crippen LogP contribution is -2.41. The van der Waals surface area contributed by atoms with E-state index in [0.717, 1.165) is 32.4 Å². The summed E-state index contributed by atoms with van der Waals surface area (Å²) in [7, 11) is 0. The van der Waals surface area contributed by atoms with Gasteiger partial charge in [0, 0.05) is 5.69 Å². The van der Waals surface area contributed by atoms with E-state index in [-0.39, 0.29) is 11.9 Å². The minimum Gasteiger partial charge on any atom is -0.325 e. The Balaban J connectivity index is 1.75. The Bertz CT molecular complexity index is 705. The van der Waals surface area contributed by atoms with Crippen LogP contribution in [0.5, 0.6) is 0 Å². The molecule has 0 aromatic heterocycles. The van der Waals surface area contributed by atoms with Gasteiger partial charge >= 0.3 is 6.03 Å². The highest BCUT2D eigenvalue weighted by Gasteiger charge is 2.43. The molecule has 0 unspecified atom stereocenters. The third-order valence-corrected chi connectivity index (χ3v) is 4.93. The topological polar surface area (TPSA) is 90.5 Å². The first kappa shape index (κ1) is 17.4. The van der Waals surface area contributed by atoms with Crippen molar-refractivity contribution in [1.82, 2.24) is 15.5 Å². The zero-order valence-electron chi connectivity index (χ0n) is 14.6. The molecule has 0 aliphatic carbocycles. The van der Waals surface area contributed by atoms with Crippen LogP contribution in [0.25, 0.3) is 0 Å². The largest absolute Gasteiger partial charge is 0.325 e. The predicted octanol–water partition coefficient (Wildman–Crippen LogP) is 1.55. The number of carbonyl (C=O) groups is 3. The average Bonchev–Trinajstić information content (AvgIpc) is 3.13. The standard InChI is InChI=1S/C18H24N4O3/c1-3-9-22-10-5-8-14(22)15(23)19-13-7-4-6-12(11-13)18(2)16(24)20-17(25)21-18/h4,6-7,11,14H,3,5,8-10H2,1-2H3,(H,19,23)(H2,20,21,24,25)/t14-,18+/m1/s1. The van der Waals surface area contributed by atoms with Gasteiger partial charge in [-0.25, -0.2) is 4.79 Å². The summed E-state index contributed by atoms with van der Waals surface area (Å²) >= 11 is 0. The molecule has 1 aromatic carbocycles. The molecule has 2 aliphatic rings. The molecule has 2 aliphatic heterocycles. The van der Waals surface area contributed by atoms with Gasteiger partial charge in [-0.2, -0.15) is 0 Å². The number of hydrogen-bond donors (Lipinski definition) is 3. The van der Waals surface area contributed by atoms with E-state index in [1.807, 2.05) is 0 Å². The van der Waals surface area contributed by atoms with E-state index in [4.69, 9.17) is 0 Å². The minimum absolute atomic E-state index is 0.0202. The van der Waals surface area contributed by atoms with E-state index in [9.17, 15) is 14.4 Å². The van der Waals surface area contributed by atoms with Crippen molar-refractivity contribution in [2.45, 2.75) is 44.7 Å². The van der Waals surface area contributed by atoms with E-state index in [0.29, 0.717) is 11.3 Å². The van der Waals surface area contributed by atoms with Crippen molar-refractivity contribution >= 4 is 23.5 Å². The van der Waals surface area contributed by atoms with Crippen molar-refractivity contribution in [1.29, 1.82) is 0 Å². The fourth-order valence-corrected chi connectivity index (χ4v) is 3.56. The lowest BCUT2D eigenvalue weighted by Gasteiger charge is -2.24. The lowest BCUT2D eigenvalue weighted by molar-refractivity contribution is -0.123. The van der Waals surface area contributed by atoms with Crippen LogP contribution in [-0.2, 0) is 15.1 Å². The Morgan fingerprint density at radius 2 is 2.20 bits per heavy atom. The van der Waals surface area contributed by atoms with E-state index in [1.165, 1.54) is 0 Å². The molecule has 2 atom stereocenters. The summed E-state index contributed by atoms with van der Waals surface area (Å²) in [6.07, 6.45) is 2.91. The molecule has 0 bridgehead atoms. The third-order valence-electron chi connectivity index (χ3n) is 4.93. The van der Waals surface area contributed by atoms with Crippen LogP contribution in [0.3, 0.4) is 0 Å². The fraction of sp³-hybridized carbons (Fsp3) is 0.500. The van der Waals surface area contributed by atoms with Crippen LogP contribution in [0.1, 0.15) is 38.7 Å². The van der Waals surface area contributed by atoms with Gasteiger partial charge in [-0.05, 0) is 57.0 Å². The number of anilines is 1. The summed E-state index contributed by atoms with van der Waals surface area (Å²) in [5.74, 6) is -0.418. The average molecular weight is 344 g/mol. The van der Waals surface area contributed by atoms with Crippen LogP contribution < -0.4 is 16.0 Å². The third kappa shape index (κ3) is 3.37. The summed E-state index contributed by atoms with van der Waals surface area (Å²) in [6.45, 7) is 5.63. The molecule has 25 heavy (non-hydrogen) atoms. The molecule has 2 fully saturated rings. The number of carbonyl (C=O) groups excluding carboxylic acids is 3. The molecular weight excluding hydrogens is 320 g/mol. The van der Waals surface area contributed by atoms with Gasteiger partial charge in [0.15, 0.2) is 0 Å². The molecule has 3 N–H and O–H groups in total. The smallest absolute Gasteiger partial charge is 0.322 e. The highest BCUT2D eigenvalue weighted by molar-refractivity contribution is 6.07. The van der Waals surface area contributed by atoms with Gasteiger partial charge in [0.2, 0.25) is 5.91 Å². The normalized spacial score (nSPS) is 26.4. The van der Waals surface area contributed by atoms with Crippen molar-refractivity contribution in [2.75, 3.05) is 18.4 Å². The molecule has 3 rings (SSSR count). The van der Waals surface area contributed by atoms with Gasteiger partial charge in [0.05, 0.1) is 6.04 Å². The van der Waals surface area contributed by atoms with Crippen LogP contribution >= 0.6 is 0 Å². The van der Waals surface area contributed by atoms with Crippen molar-refractivity contribution in [2.24, 2.45) is 0 Å². The van der Waals surface area contributed by atoms with Crippen LogP contribution in [0.2, 0.25) is 0 Å². The van der Waals surface area contributed by atoms with E-state index in [2.05, 4.69) is 27.8 Å².